The fraction of sp³-hybridized carbons (Fsp3) is 0.417. The summed E-state index contributed by atoms with van der Waals surface area (Å²) < 4.78 is 0. The standard InChI is InChI=1S/C24H31N3O2/c1-3-14-25-24(29)21-12-6-7-13-22(21)26-23(28)20-11-8-15-27(17-20)16-19-10-5-4-9-18(19)2/h4-7,9-10,12-13,20H,3,8,11,14-17H2,1-2H3,(H,25,29)(H,26,28). The lowest BCUT2D eigenvalue weighted by Gasteiger charge is -2.32. The van der Waals surface area contributed by atoms with Gasteiger partial charge in [0, 0.05) is 19.6 Å². The number of piperidine rings is 1. The van der Waals surface area contributed by atoms with Crippen LogP contribution < -0.4 is 10.6 Å². The van der Waals surface area contributed by atoms with Gasteiger partial charge in [0.1, 0.15) is 0 Å². The van der Waals surface area contributed by atoms with Crippen LogP contribution in [0, 0.1) is 12.8 Å². The van der Waals surface area contributed by atoms with Crippen LogP contribution in [0.5, 0.6) is 0 Å². The highest BCUT2D eigenvalue weighted by Gasteiger charge is 2.27. The highest BCUT2D eigenvalue weighted by Crippen LogP contribution is 2.23. The normalized spacial score (nSPS) is 17.0. The fourth-order valence-electron chi connectivity index (χ4n) is 3.80. The molecular weight excluding hydrogens is 362 g/mol. The first-order valence-electron chi connectivity index (χ1n) is 10.5. The van der Waals surface area contributed by atoms with Crippen molar-refractivity contribution in [2.75, 3.05) is 25.0 Å². The Kier molecular flexibility index (Phi) is 7.42. The molecule has 5 heteroatoms. The van der Waals surface area contributed by atoms with Crippen LogP contribution in [0.15, 0.2) is 48.5 Å². The van der Waals surface area contributed by atoms with Crippen molar-refractivity contribution in [2.45, 2.75) is 39.7 Å². The van der Waals surface area contributed by atoms with Gasteiger partial charge in [0.15, 0.2) is 0 Å². The smallest absolute Gasteiger partial charge is 0.253 e. The number of carbonyl (C=O) groups excluding carboxylic acids is 2. The summed E-state index contributed by atoms with van der Waals surface area (Å²) in [6, 6.07) is 15.6. The molecule has 3 rings (SSSR count). The highest BCUT2D eigenvalue weighted by molar-refractivity contribution is 6.04. The second-order valence-corrected chi connectivity index (χ2v) is 7.79. The maximum Gasteiger partial charge on any atom is 0.253 e. The van der Waals surface area contributed by atoms with Gasteiger partial charge in [-0.15, -0.1) is 0 Å². The van der Waals surface area contributed by atoms with E-state index in [1.165, 1.54) is 11.1 Å². The van der Waals surface area contributed by atoms with E-state index in [2.05, 4.69) is 46.7 Å². The number of hydrogen-bond acceptors (Lipinski definition) is 3. The molecule has 1 saturated heterocycles. The van der Waals surface area contributed by atoms with Gasteiger partial charge in [-0.1, -0.05) is 43.3 Å². The van der Waals surface area contributed by atoms with Crippen LogP contribution in [-0.4, -0.2) is 36.3 Å². The number of benzene rings is 2. The molecule has 2 aromatic carbocycles. The summed E-state index contributed by atoms with van der Waals surface area (Å²) in [7, 11) is 0. The fourth-order valence-corrected chi connectivity index (χ4v) is 3.80. The van der Waals surface area contributed by atoms with Crippen LogP contribution >= 0.6 is 0 Å². The van der Waals surface area contributed by atoms with E-state index in [0.717, 1.165) is 38.9 Å². The number of hydrogen-bond donors (Lipinski definition) is 2. The predicted octanol–water partition coefficient (Wildman–Crippen LogP) is 3.99. The van der Waals surface area contributed by atoms with E-state index in [1.807, 2.05) is 19.1 Å². The van der Waals surface area contributed by atoms with Crippen molar-refractivity contribution >= 4 is 17.5 Å². The second kappa shape index (κ2) is 10.2. The van der Waals surface area contributed by atoms with Gasteiger partial charge in [-0.05, 0) is 56.0 Å². The summed E-state index contributed by atoms with van der Waals surface area (Å²) >= 11 is 0. The molecule has 154 valence electrons. The number of aryl methyl sites for hydroxylation is 1. The van der Waals surface area contributed by atoms with E-state index in [-0.39, 0.29) is 17.7 Å². The number of carbonyl (C=O) groups is 2. The Morgan fingerprint density at radius 3 is 2.66 bits per heavy atom. The summed E-state index contributed by atoms with van der Waals surface area (Å²) in [6.07, 6.45) is 2.75. The van der Waals surface area contributed by atoms with Crippen molar-refractivity contribution in [3.63, 3.8) is 0 Å². The number of rotatable bonds is 7. The maximum absolute atomic E-state index is 13.0. The third-order valence-electron chi connectivity index (χ3n) is 5.50. The Morgan fingerprint density at radius 2 is 1.86 bits per heavy atom. The maximum atomic E-state index is 13.0. The molecule has 1 unspecified atom stereocenters. The van der Waals surface area contributed by atoms with Crippen molar-refractivity contribution in [1.29, 1.82) is 0 Å². The van der Waals surface area contributed by atoms with Crippen LogP contribution in [0.1, 0.15) is 47.7 Å². The number of nitrogens with zero attached hydrogens (tertiary/aromatic N) is 1. The molecule has 1 aliphatic heterocycles. The average molecular weight is 394 g/mol. The Balaban J connectivity index is 1.64. The largest absolute Gasteiger partial charge is 0.352 e. The third-order valence-corrected chi connectivity index (χ3v) is 5.50. The number of nitrogens with one attached hydrogen (secondary N) is 2. The minimum Gasteiger partial charge on any atom is -0.352 e. The highest BCUT2D eigenvalue weighted by atomic mass is 16.2. The summed E-state index contributed by atoms with van der Waals surface area (Å²) in [5.74, 6) is -0.220. The van der Waals surface area contributed by atoms with Crippen LogP contribution in [-0.2, 0) is 11.3 Å². The molecule has 29 heavy (non-hydrogen) atoms. The van der Waals surface area contributed by atoms with Gasteiger partial charge < -0.3 is 10.6 Å². The van der Waals surface area contributed by atoms with Crippen molar-refractivity contribution in [3.05, 3.63) is 65.2 Å². The van der Waals surface area contributed by atoms with Crippen LogP contribution in [0.3, 0.4) is 0 Å². The summed E-state index contributed by atoms with van der Waals surface area (Å²) in [4.78, 5) is 27.7. The van der Waals surface area contributed by atoms with Gasteiger partial charge in [-0.25, -0.2) is 0 Å². The molecule has 0 aromatic heterocycles. The van der Waals surface area contributed by atoms with E-state index in [0.29, 0.717) is 17.8 Å². The van der Waals surface area contributed by atoms with Gasteiger partial charge in [-0.3, -0.25) is 14.5 Å². The minimum atomic E-state index is -0.146. The number of anilines is 1. The summed E-state index contributed by atoms with van der Waals surface area (Å²) in [5, 5.41) is 5.89. The van der Waals surface area contributed by atoms with E-state index in [9.17, 15) is 9.59 Å². The van der Waals surface area contributed by atoms with E-state index in [4.69, 9.17) is 0 Å². The molecule has 2 aromatic rings. The van der Waals surface area contributed by atoms with E-state index in [1.54, 1.807) is 12.1 Å². The zero-order valence-electron chi connectivity index (χ0n) is 17.4. The topological polar surface area (TPSA) is 61.4 Å². The van der Waals surface area contributed by atoms with Gasteiger partial charge in [0.05, 0.1) is 17.2 Å². The molecule has 1 fully saturated rings. The zero-order chi connectivity index (χ0) is 20.6. The van der Waals surface area contributed by atoms with Gasteiger partial charge >= 0.3 is 0 Å². The minimum absolute atomic E-state index is 0.00442. The zero-order valence-corrected chi connectivity index (χ0v) is 17.4. The first-order chi connectivity index (χ1) is 14.1. The molecule has 0 bridgehead atoms. The van der Waals surface area contributed by atoms with Crippen molar-refractivity contribution < 1.29 is 9.59 Å². The Hall–Kier alpha value is -2.66. The lowest BCUT2D eigenvalue weighted by molar-refractivity contribution is -0.121. The predicted molar refractivity (Wildman–Crippen MR) is 117 cm³/mol. The molecule has 0 spiro atoms. The van der Waals surface area contributed by atoms with Crippen LogP contribution in [0.2, 0.25) is 0 Å². The number of likely N-dealkylation sites (tertiary alicyclic amines) is 1. The molecular formula is C24H31N3O2. The second-order valence-electron chi connectivity index (χ2n) is 7.79. The molecule has 1 aliphatic rings. The van der Waals surface area contributed by atoms with Crippen LogP contribution in [0.25, 0.3) is 0 Å². The van der Waals surface area contributed by atoms with Crippen LogP contribution in [0.4, 0.5) is 5.69 Å². The molecule has 1 heterocycles. The lowest BCUT2D eigenvalue weighted by atomic mass is 9.96. The van der Waals surface area contributed by atoms with Crippen molar-refractivity contribution in [2.24, 2.45) is 5.92 Å². The molecule has 5 nitrogen and oxygen atoms in total. The number of para-hydroxylation sites is 1. The Labute approximate surface area is 173 Å². The SMILES string of the molecule is CCCNC(=O)c1ccccc1NC(=O)C1CCCN(Cc2ccccc2C)C1. The van der Waals surface area contributed by atoms with Crippen molar-refractivity contribution in [1.82, 2.24) is 10.2 Å². The molecule has 2 N–H and O–H groups in total. The summed E-state index contributed by atoms with van der Waals surface area (Å²) in [5.41, 5.74) is 3.70. The molecule has 0 aliphatic carbocycles. The monoisotopic (exact) mass is 393 g/mol. The quantitative estimate of drug-likeness (QED) is 0.748. The first kappa shape index (κ1) is 21.1. The third kappa shape index (κ3) is 5.67. The van der Waals surface area contributed by atoms with E-state index < -0.39 is 0 Å². The molecule has 2 amide bonds. The van der Waals surface area contributed by atoms with Crippen molar-refractivity contribution in [3.8, 4) is 0 Å². The average Bonchev–Trinajstić information content (AvgIpc) is 2.74. The van der Waals surface area contributed by atoms with E-state index >= 15 is 0 Å². The van der Waals surface area contributed by atoms with Gasteiger partial charge in [0.2, 0.25) is 5.91 Å². The first-order valence-corrected chi connectivity index (χ1v) is 10.5. The molecule has 1 atom stereocenters. The molecule has 0 saturated carbocycles. The lowest BCUT2D eigenvalue weighted by Crippen LogP contribution is -2.40. The Bertz CT molecular complexity index is 850. The number of amides is 2. The van der Waals surface area contributed by atoms with Gasteiger partial charge in [0.25, 0.3) is 5.91 Å². The van der Waals surface area contributed by atoms with Gasteiger partial charge in [-0.2, -0.15) is 0 Å². The summed E-state index contributed by atoms with van der Waals surface area (Å²) in [6.45, 7) is 7.38. The molecule has 0 radical (unpaired) electrons. The Morgan fingerprint density at radius 1 is 1.10 bits per heavy atom.